The fourth-order valence-corrected chi connectivity index (χ4v) is 3.05. The first-order valence-corrected chi connectivity index (χ1v) is 9.17. The van der Waals surface area contributed by atoms with Crippen molar-refractivity contribution in [2.75, 3.05) is 11.4 Å². The lowest BCUT2D eigenvalue weighted by molar-refractivity contribution is 0.0987. The standard InChI is InChI=1S/C19H17ClF2INO/c1-3-12(2)9-10-24(18-15(20)5-4-6-16(18)22)19(25)14-11-13(21)7-8-17(14)23/h4-9,11H,3,10H2,1-2H3. The van der Waals surface area contributed by atoms with E-state index < -0.39 is 17.5 Å². The van der Waals surface area contributed by atoms with Crippen LogP contribution in [0.5, 0.6) is 0 Å². The maximum atomic E-state index is 14.4. The van der Waals surface area contributed by atoms with Crippen molar-refractivity contribution < 1.29 is 13.6 Å². The number of carbonyl (C=O) groups is 1. The molecular weight excluding hydrogens is 459 g/mol. The Bertz CT molecular complexity index is 803. The molecule has 0 saturated heterocycles. The first-order chi connectivity index (χ1) is 11.8. The topological polar surface area (TPSA) is 20.3 Å². The molecule has 0 bridgehead atoms. The number of allylic oxidation sites excluding steroid dienone is 1. The van der Waals surface area contributed by atoms with E-state index in [-0.39, 0.29) is 22.8 Å². The molecule has 0 N–H and O–H groups in total. The van der Waals surface area contributed by atoms with E-state index in [0.717, 1.165) is 18.1 Å². The molecule has 0 aromatic heterocycles. The molecule has 0 aliphatic carbocycles. The van der Waals surface area contributed by atoms with Gasteiger partial charge in [-0.2, -0.15) is 0 Å². The lowest BCUT2D eigenvalue weighted by atomic mass is 10.1. The first kappa shape index (κ1) is 19.8. The van der Waals surface area contributed by atoms with Gasteiger partial charge in [-0.15, -0.1) is 0 Å². The number of anilines is 1. The molecule has 0 fully saturated rings. The number of carbonyl (C=O) groups excluding carboxylic acids is 1. The number of benzene rings is 2. The summed E-state index contributed by atoms with van der Waals surface area (Å²) in [5, 5.41) is 0.127. The van der Waals surface area contributed by atoms with E-state index in [1.165, 1.54) is 35.2 Å². The molecule has 0 aliphatic rings. The van der Waals surface area contributed by atoms with Gasteiger partial charge in [0.05, 0.1) is 16.3 Å². The third-order valence-electron chi connectivity index (χ3n) is 3.79. The van der Waals surface area contributed by atoms with Crippen molar-refractivity contribution in [3.63, 3.8) is 0 Å². The fraction of sp³-hybridized carbons (Fsp3) is 0.211. The van der Waals surface area contributed by atoms with Crippen molar-refractivity contribution in [3.8, 4) is 0 Å². The predicted molar refractivity (Wildman–Crippen MR) is 106 cm³/mol. The maximum Gasteiger partial charge on any atom is 0.259 e. The van der Waals surface area contributed by atoms with Crippen LogP contribution >= 0.6 is 34.2 Å². The van der Waals surface area contributed by atoms with Gasteiger partial charge in [0.25, 0.3) is 5.91 Å². The lowest BCUT2D eigenvalue weighted by Crippen LogP contribution is -2.33. The molecule has 2 aromatic rings. The summed E-state index contributed by atoms with van der Waals surface area (Å²) in [4.78, 5) is 14.3. The molecule has 132 valence electrons. The second-order valence-corrected chi connectivity index (χ2v) is 7.08. The van der Waals surface area contributed by atoms with Gasteiger partial charge in [0.2, 0.25) is 0 Å². The SMILES string of the molecule is CCC(C)=CCN(C(=O)c1cc(F)ccc1I)c1c(F)cccc1Cl. The average molecular weight is 476 g/mol. The molecule has 0 saturated carbocycles. The number of nitrogens with zero attached hydrogens (tertiary/aromatic N) is 1. The summed E-state index contributed by atoms with van der Waals surface area (Å²) in [5.41, 5.74) is 1.22. The number of hydrogen-bond donors (Lipinski definition) is 0. The monoisotopic (exact) mass is 475 g/mol. The number of hydrogen-bond acceptors (Lipinski definition) is 1. The summed E-state index contributed by atoms with van der Waals surface area (Å²) in [5.74, 6) is -1.63. The molecule has 6 heteroatoms. The van der Waals surface area contributed by atoms with E-state index in [4.69, 9.17) is 11.6 Å². The van der Waals surface area contributed by atoms with Crippen molar-refractivity contribution in [2.24, 2.45) is 0 Å². The molecular formula is C19H17ClF2INO. The first-order valence-electron chi connectivity index (χ1n) is 7.71. The molecule has 0 spiro atoms. The highest BCUT2D eigenvalue weighted by atomic mass is 127. The highest BCUT2D eigenvalue weighted by molar-refractivity contribution is 14.1. The molecule has 0 heterocycles. The van der Waals surface area contributed by atoms with Gasteiger partial charge in [0.1, 0.15) is 11.6 Å². The summed E-state index contributed by atoms with van der Waals surface area (Å²) >= 11 is 8.10. The predicted octanol–water partition coefficient (Wildman–Crippen LogP) is 6.23. The maximum absolute atomic E-state index is 14.4. The Labute approximate surface area is 164 Å². The zero-order chi connectivity index (χ0) is 18.6. The van der Waals surface area contributed by atoms with Crippen LogP contribution in [0.25, 0.3) is 0 Å². The van der Waals surface area contributed by atoms with E-state index >= 15 is 0 Å². The van der Waals surface area contributed by atoms with Gasteiger partial charge in [0, 0.05) is 10.1 Å². The van der Waals surface area contributed by atoms with Crippen LogP contribution in [0.1, 0.15) is 30.6 Å². The highest BCUT2D eigenvalue weighted by Crippen LogP contribution is 2.31. The fourth-order valence-electron chi connectivity index (χ4n) is 2.22. The number of amides is 1. The van der Waals surface area contributed by atoms with Crippen molar-refractivity contribution in [2.45, 2.75) is 20.3 Å². The van der Waals surface area contributed by atoms with Crippen LogP contribution in [-0.2, 0) is 0 Å². The Morgan fingerprint density at radius 2 is 2.00 bits per heavy atom. The Morgan fingerprint density at radius 3 is 2.64 bits per heavy atom. The largest absolute Gasteiger partial charge is 0.300 e. The van der Waals surface area contributed by atoms with Crippen molar-refractivity contribution in [1.82, 2.24) is 0 Å². The van der Waals surface area contributed by atoms with E-state index in [2.05, 4.69) is 0 Å². The van der Waals surface area contributed by atoms with Gasteiger partial charge in [-0.3, -0.25) is 4.79 Å². The van der Waals surface area contributed by atoms with Gasteiger partial charge in [-0.25, -0.2) is 8.78 Å². The Hall–Kier alpha value is -1.47. The number of para-hydroxylation sites is 1. The third-order valence-corrected chi connectivity index (χ3v) is 5.04. The zero-order valence-electron chi connectivity index (χ0n) is 13.8. The molecule has 25 heavy (non-hydrogen) atoms. The van der Waals surface area contributed by atoms with Crippen LogP contribution in [-0.4, -0.2) is 12.5 Å². The van der Waals surface area contributed by atoms with E-state index in [9.17, 15) is 13.6 Å². The van der Waals surface area contributed by atoms with Gasteiger partial charge in [-0.05, 0) is 66.3 Å². The van der Waals surface area contributed by atoms with Crippen LogP contribution in [0, 0.1) is 15.2 Å². The van der Waals surface area contributed by atoms with E-state index in [1.807, 2.05) is 42.5 Å². The summed E-state index contributed by atoms with van der Waals surface area (Å²) in [6.45, 7) is 4.06. The molecule has 1 amide bonds. The molecule has 0 radical (unpaired) electrons. The average Bonchev–Trinajstić information content (AvgIpc) is 2.58. The minimum Gasteiger partial charge on any atom is -0.300 e. The van der Waals surface area contributed by atoms with Gasteiger partial charge in [0.15, 0.2) is 0 Å². The molecule has 0 unspecified atom stereocenters. The lowest BCUT2D eigenvalue weighted by Gasteiger charge is -2.24. The molecule has 2 aromatic carbocycles. The molecule has 2 rings (SSSR count). The number of rotatable bonds is 5. The van der Waals surface area contributed by atoms with Crippen LogP contribution in [0.15, 0.2) is 48.0 Å². The quantitative estimate of drug-likeness (QED) is 0.371. The summed E-state index contributed by atoms with van der Waals surface area (Å²) in [7, 11) is 0. The van der Waals surface area contributed by atoms with Crippen LogP contribution in [0.4, 0.5) is 14.5 Å². The summed E-state index contributed by atoms with van der Waals surface area (Å²) < 4.78 is 28.6. The molecule has 0 atom stereocenters. The Balaban J connectivity index is 2.55. The zero-order valence-corrected chi connectivity index (χ0v) is 16.7. The number of halogens is 4. The van der Waals surface area contributed by atoms with Gasteiger partial charge < -0.3 is 4.90 Å². The molecule has 2 nitrogen and oxygen atoms in total. The van der Waals surface area contributed by atoms with Crippen LogP contribution < -0.4 is 4.90 Å². The van der Waals surface area contributed by atoms with Crippen molar-refractivity contribution >= 4 is 45.8 Å². The second kappa shape index (κ2) is 8.76. The van der Waals surface area contributed by atoms with Gasteiger partial charge >= 0.3 is 0 Å². The summed E-state index contributed by atoms with van der Waals surface area (Å²) in [6, 6.07) is 8.18. The normalized spacial score (nSPS) is 11.5. The second-order valence-electron chi connectivity index (χ2n) is 5.51. The minimum atomic E-state index is -0.602. The van der Waals surface area contributed by atoms with E-state index in [1.54, 1.807) is 0 Å². The van der Waals surface area contributed by atoms with Crippen molar-refractivity contribution in [1.29, 1.82) is 0 Å². The van der Waals surface area contributed by atoms with Crippen molar-refractivity contribution in [3.05, 3.63) is 73.8 Å². The van der Waals surface area contributed by atoms with Crippen LogP contribution in [0.3, 0.4) is 0 Å². The highest BCUT2D eigenvalue weighted by Gasteiger charge is 2.24. The van der Waals surface area contributed by atoms with Crippen LogP contribution in [0.2, 0.25) is 5.02 Å². The molecule has 0 aliphatic heterocycles. The Morgan fingerprint density at radius 1 is 1.28 bits per heavy atom. The third kappa shape index (κ3) is 4.79. The summed E-state index contributed by atoms with van der Waals surface area (Å²) in [6.07, 6.45) is 2.65. The Kier molecular flexibility index (Phi) is 6.95. The smallest absolute Gasteiger partial charge is 0.259 e. The minimum absolute atomic E-state index is 0.00520. The van der Waals surface area contributed by atoms with Gasteiger partial charge in [-0.1, -0.05) is 36.2 Å². The van der Waals surface area contributed by atoms with E-state index in [0.29, 0.717) is 3.57 Å².